The molecular formula is C15H13N2O4-. The number of carbonyl (C=O) groups is 2. The Hall–Kier alpha value is -2.18. The third-order valence-electron chi connectivity index (χ3n) is 4.80. The first kappa shape index (κ1) is 12.6. The smallest absolute Gasteiger partial charge is 0.238 e. The Kier molecular flexibility index (Phi) is 2.49. The van der Waals surface area contributed by atoms with Crippen molar-refractivity contribution >= 4 is 23.2 Å². The fourth-order valence-electron chi connectivity index (χ4n) is 3.89. The van der Waals surface area contributed by atoms with Crippen molar-refractivity contribution in [3.8, 4) is 0 Å². The second kappa shape index (κ2) is 4.16. The van der Waals surface area contributed by atoms with Gasteiger partial charge in [0.15, 0.2) is 0 Å². The van der Waals surface area contributed by atoms with Crippen molar-refractivity contribution in [2.45, 2.75) is 6.42 Å². The molecule has 3 aliphatic rings. The largest absolute Gasteiger partial charge is 0.733 e. The maximum absolute atomic E-state index is 12.6. The summed E-state index contributed by atoms with van der Waals surface area (Å²) in [5.41, 5.74) is 0.504. The van der Waals surface area contributed by atoms with E-state index in [2.05, 4.69) is 0 Å². The van der Waals surface area contributed by atoms with Crippen molar-refractivity contribution in [2.75, 3.05) is 10.1 Å². The van der Waals surface area contributed by atoms with Gasteiger partial charge in [-0.2, -0.15) is 0 Å². The number of allylic oxidation sites excluding steroid dienone is 2. The van der Waals surface area contributed by atoms with Crippen LogP contribution in [0.4, 0.5) is 11.4 Å². The summed E-state index contributed by atoms with van der Waals surface area (Å²) in [4.78, 5) is 26.3. The standard InChI is InChI=1S/C15H13N2O4/c18-14-12-8-1-2-9(7-8)13(12)15(19)16(14)10-3-5-11(6-4-10)17(20)21/h1-6,8-9,12-13,20H,7H2/q-1. The third kappa shape index (κ3) is 1.60. The van der Waals surface area contributed by atoms with Gasteiger partial charge in [-0.1, -0.05) is 12.2 Å². The lowest BCUT2D eigenvalue weighted by Gasteiger charge is -2.23. The first-order valence-electron chi connectivity index (χ1n) is 6.90. The van der Waals surface area contributed by atoms with Crippen LogP contribution in [0, 0.1) is 28.9 Å². The van der Waals surface area contributed by atoms with Gasteiger partial charge < -0.3 is 10.4 Å². The zero-order valence-electron chi connectivity index (χ0n) is 11.0. The average Bonchev–Trinajstić information content (AvgIpc) is 3.13. The lowest BCUT2D eigenvalue weighted by molar-refractivity contribution is -0.123. The Balaban J connectivity index is 1.68. The van der Waals surface area contributed by atoms with Gasteiger partial charge in [0.25, 0.3) is 0 Å². The van der Waals surface area contributed by atoms with Gasteiger partial charge in [-0.05, 0) is 42.5 Å². The highest BCUT2D eigenvalue weighted by Crippen LogP contribution is 2.53. The van der Waals surface area contributed by atoms with E-state index in [1.165, 1.54) is 29.2 Å². The van der Waals surface area contributed by atoms with Gasteiger partial charge in [0.1, 0.15) is 0 Å². The molecule has 1 aromatic carbocycles. The highest BCUT2D eigenvalue weighted by atomic mass is 16.8. The lowest BCUT2D eigenvalue weighted by Crippen LogP contribution is -2.32. The number of carbonyl (C=O) groups excluding carboxylic acids is 2. The number of amides is 2. The molecule has 0 aromatic heterocycles. The van der Waals surface area contributed by atoms with Crippen molar-refractivity contribution in [3.63, 3.8) is 0 Å². The fourth-order valence-corrected chi connectivity index (χ4v) is 3.89. The first-order chi connectivity index (χ1) is 10.1. The second-order valence-corrected chi connectivity index (χ2v) is 5.80. The third-order valence-corrected chi connectivity index (χ3v) is 4.80. The van der Waals surface area contributed by atoms with Crippen molar-refractivity contribution in [2.24, 2.45) is 23.7 Å². The normalized spacial score (nSPS) is 33.0. The number of imide groups is 1. The van der Waals surface area contributed by atoms with Gasteiger partial charge in [0.05, 0.1) is 23.2 Å². The highest BCUT2D eigenvalue weighted by Gasteiger charge is 2.59. The number of benzene rings is 1. The minimum Gasteiger partial charge on any atom is -0.733 e. The zero-order chi connectivity index (χ0) is 14.7. The van der Waals surface area contributed by atoms with Gasteiger partial charge in [-0.25, -0.2) is 0 Å². The van der Waals surface area contributed by atoms with Crippen LogP contribution in [0.2, 0.25) is 0 Å². The molecule has 1 saturated heterocycles. The van der Waals surface area contributed by atoms with Crippen molar-refractivity contribution in [1.82, 2.24) is 0 Å². The molecule has 4 unspecified atom stereocenters. The Morgan fingerprint density at radius 2 is 1.57 bits per heavy atom. The molecule has 6 heteroatoms. The van der Waals surface area contributed by atoms with Gasteiger partial charge in [0.2, 0.25) is 11.8 Å². The molecule has 1 N–H and O–H groups in total. The molecule has 0 radical (unpaired) electrons. The summed E-state index contributed by atoms with van der Waals surface area (Å²) in [5.74, 6) is -0.428. The predicted octanol–water partition coefficient (Wildman–Crippen LogP) is 1.69. The molecule has 21 heavy (non-hydrogen) atoms. The molecule has 2 aliphatic carbocycles. The van der Waals surface area contributed by atoms with Crippen LogP contribution >= 0.6 is 0 Å². The van der Waals surface area contributed by atoms with Crippen LogP contribution in [0.5, 0.6) is 0 Å². The molecule has 2 fully saturated rings. The number of nitrogens with zero attached hydrogens (tertiary/aromatic N) is 2. The fraction of sp³-hybridized carbons (Fsp3) is 0.333. The molecule has 1 aromatic rings. The summed E-state index contributed by atoms with van der Waals surface area (Å²) in [7, 11) is 0. The van der Waals surface area contributed by atoms with Gasteiger partial charge >= 0.3 is 0 Å². The van der Waals surface area contributed by atoms with Crippen LogP contribution in [-0.2, 0) is 9.59 Å². The van der Waals surface area contributed by atoms with Gasteiger partial charge in [-0.3, -0.25) is 19.7 Å². The average molecular weight is 285 g/mol. The maximum atomic E-state index is 12.6. The van der Waals surface area contributed by atoms with Crippen LogP contribution in [-0.4, -0.2) is 17.0 Å². The Labute approximate surface area is 120 Å². The topological polar surface area (TPSA) is 83.9 Å². The van der Waals surface area contributed by atoms with Crippen LogP contribution < -0.4 is 10.1 Å². The first-order valence-corrected chi connectivity index (χ1v) is 6.90. The Morgan fingerprint density at radius 3 is 2.05 bits per heavy atom. The monoisotopic (exact) mass is 285 g/mol. The van der Waals surface area contributed by atoms with Crippen molar-refractivity contribution in [1.29, 1.82) is 0 Å². The van der Waals surface area contributed by atoms with E-state index < -0.39 is 0 Å². The predicted molar refractivity (Wildman–Crippen MR) is 74.3 cm³/mol. The number of hydrogen-bond acceptors (Lipinski definition) is 5. The van der Waals surface area contributed by atoms with Gasteiger partial charge in [-0.15, -0.1) is 0 Å². The van der Waals surface area contributed by atoms with E-state index in [0.717, 1.165) is 6.42 Å². The molecule has 2 bridgehead atoms. The van der Waals surface area contributed by atoms with E-state index in [1.54, 1.807) is 0 Å². The van der Waals surface area contributed by atoms with Gasteiger partial charge in [0, 0.05) is 0 Å². The summed E-state index contributed by atoms with van der Waals surface area (Å²) >= 11 is 0. The van der Waals surface area contributed by atoms with Crippen LogP contribution in [0.3, 0.4) is 0 Å². The minimum atomic E-state index is -0.254. The Bertz CT molecular complexity index is 622. The van der Waals surface area contributed by atoms with E-state index in [4.69, 9.17) is 5.21 Å². The summed E-state index contributed by atoms with van der Waals surface area (Å²) in [6.07, 6.45) is 4.99. The van der Waals surface area contributed by atoms with E-state index in [1.807, 2.05) is 12.2 Å². The van der Waals surface area contributed by atoms with Crippen LogP contribution in [0.1, 0.15) is 6.42 Å². The SMILES string of the molecule is O=C1C2C3C=CC(C3)C2C(=O)N1c1ccc(N([O-])O)cc1. The molecule has 2 amide bonds. The molecule has 1 saturated carbocycles. The van der Waals surface area contributed by atoms with E-state index >= 15 is 0 Å². The molecule has 1 heterocycles. The summed E-state index contributed by atoms with van der Waals surface area (Å²) in [5, 5.41) is 19.3. The summed E-state index contributed by atoms with van der Waals surface area (Å²) in [6.45, 7) is 0. The molecule has 4 rings (SSSR count). The summed E-state index contributed by atoms with van der Waals surface area (Å²) < 4.78 is 0. The molecule has 1 aliphatic heterocycles. The maximum Gasteiger partial charge on any atom is 0.238 e. The number of hydrogen-bond donors (Lipinski definition) is 1. The highest BCUT2D eigenvalue weighted by molar-refractivity contribution is 6.22. The van der Waals surface area contributed by atoms with Crippen molar-refractivity contribution in [3.05, 3.63) is 41.6 Å². The molecule has 0 spiro atoms. The number of fused-ring (bicyclic) bond motifs is 5. The number of anilines is 2. The molecule has 108 valence electrons. The second-order valence-electron chi connectivity index (χ2n) is 5.80. The quantitative estimate of drug-likeness (QED) is 0.508. The van der Waals surface area contributed by atoms with E-state index in [-0.39, 0.29) is 46.4 Å². The Morgan fingerprint density at radius 1 is 1.05 bits per heavy atom. The summed E-state index contributed by atoms with van der Waals surface area (Å²) in [6, 6.07) is 5.76. The zero-order valence-corrected chi connectivity index (χ0v) is 11.0. The van der Waals surface area contributed by atoms with E-state index in [0.29, 0.717) is 5.69 Å². The molecular weight excluding hydrogens is 272 g/mol. The van der Waals surface area contributed by atoms with Crippen molar-refractivity contribution < 1.29 is 14.8 Å². The minimum absolute atomic E-state index is 0.0553. The molecule has 4 atom stereocenters. The molecule has 6 nitrogen and oxygen atoms in total. The van der Waals surface area contributed by atoms with Crippen LogP contribution in [0.15, 0.2) is 36.4 Å². The van der Waals surface area contributed by atoms with Crippen LogP contribution in [0.25, 0.3) is 0 Å². The lowest BCUT2D eigenvalue weighted by atomic mass is 9.85. The van der Waals surface area contributed by atoms with E-state index in [9.17, 15) is 14.8 Å². The number of rotatable bonds is 2.